The number of rotatable bonds is 2. The molecule has 0 spiro atoms. The van der Waals surface area contributed by atoms with Gasteiger partial charge in [-0.2, -0.15) is 0 Å². The van der Waals surface area contributed by atoms with E-state index in [1.165, 1.54) is 5.56 Å². The van der Waals surface area contributed by atoms with Crippen molar-refractivity contribution in [2.75, 3.05) is 11.9 Å². The van der Waals surface area contributed by atoms with Gasteiger partial charge in [0.1, 0.15) is 5.84 Å². The van der Waals surface area contributed by atoms with Gasteiger partial charge in [-0.1, -0.05) is 33.6 Å². The summed E-state index contributed by atoms with van der Waals surface area (Å²) in [5, 5.41) is 0. The summed E-state index contributed by atoms with van der Waals surface area (Å²) in [5.74, 6) is 0.964. The molecule has 0 amide bonds. The molecule has 0 aliphatic carbocycles. The summed E-state index contributed by atoms with van der Waals surface area (Å²) >= 11 is 3.43. The van der Waals surface area contributed by atoms with Gasteiger partial charge in [-0.25, -0.2) is 4.99 Å². The Balaban J connectivity index is 2.20. The largest absolute Gasteiger partial charge is 0.333 e. The van der Waals surface area contributed by atoms with Crippen LogP contribution < -0.4 is 4.90 Å². The summed E-state index contributed by atoms with van der Waals surface area (Å²) < 4.78 is 1.07. The summed E-state index contributed by atoms with van der Waals surface area (Å²) in [6.07, 6.45) is 0. The van der Waals surface area contributed by atoms with Crippen LogP contribution in [-0.4, -0.2) is 12.9 Å². The van der Waals surface area contributed by atoms with E-state index in [-0.39, 0.29) is 0 Å². The van der Waals surface area contributed by atoms with Gasteiger partial charge in [0.2, 0.25) is 0 Å². The summed E-state index contributed by atoms with van der Waals surface area (Å²) in [7, 11) is 2.03. The fourth-order valence-electron chi connectivity index (χ4n) is 1.73. The normalized spacial score (nSPS) is 11.5. The maximum Gasteiger partial charge on any atom is 0.106 e. The first-order valence-electron chi connectivity index (χ1n) is 6.17. The number of nitrogens with zero attached hydrogens (tertiary/aromatic N) is 2. The van der Waals surface area contributed by atoms with Crippen molar-refractivity contribution >= 4 is 33.1 Å². The molecular weight excluding hydrogens is 300 g/mol. The van der Waals surface area contributed by atoms with Gasteiger partial charge in [-0.05, 0) is 50.2 Å². The Hall–Kier alpha value is -1.61. The fraction of sp³-hybridized carbons (Fsp3) is 0.188. The van der Waals surface area contributed by atoms with Crippen molar-refractivity contribution in [3.63, 3.8) is 0 Å². The molecule has 2 aromatic carbocycles. The fourth-order valence-corrected chi connectivity index (χ4v) is 2.00. The third-order valence-corrected chi connectivity index (χ3v) is 3.55. The van der Waals surface area contributed by atoms with Crippen molar-refractivity contribution in [1.82, 2.24) is 0 Å². The van der Waals surface area contributed by atoms with Gasteiger partial charge >= 0.3 is 0 Å². The third kappa shape index (κ3) is 3.67. The Labute approximate surface area is 122 Å². The zero-order chi connectivity index (χ0) is 13.8. The van der Waals surface area contributed by atoms with E-state index in [0.29, 0.717) is 0 Å². The van der Waals surface area contributed by atoms with Crippen LogP contribution in [0.5, 0.6) is 0 Å². The van der Waals surface area contributed by atoms with Crippen LogP contribution in [0.4, 0.5) is 11.4 Å². The molecule has 0 bridgehead atoms. The van der Waals surface area contributed by atoms with E-state index in [0.717, 1.165) is 21.7 Å². The predicted molar refractivity (Wildman–Crippen MR) is 86.5 cm³/mol. The van der Waals surface area contributed by atoms with Crippen LogP contribution in [0.3, 0.4) is 0 Å². The van der Waals surface area contributed by atoms with Gasteiger partial charge in [0, 0.05) is 17.2 Å². The first-order chi connectivity index (χ1) is 9.06. The van der Waals surface area contributed by atoms with Crippen molar-refractivity contribution in [3.05, 3.63) is 58.6 Å². The Morgan fingerprint density at radius 3 is 2.16 bits per heavy atom. The van der Waals surface area contributed by atoms with E-state index in [9.17, 15) is 0 Å². The highest BCUT2D eigenvalue weighted by Crippen LogP contribution is 2.19. The topological polar surface area (TPSA) is 15.6 Å². The molecule has 0 radical (unpaired) electrons. The highest BCUT2D eigenvalue weighted by molar-refractivity contribution is 9.10. The first kappa shape index (κ1) is 13.8. The average Bonchev–Trinajstić information content (AvgIpc) is 2.41. The molecule has 0 aliphatic rings. The number of aliphatic imine (C=N–C) groups is 1. The summed E-state index contributed by atoms with van der Waals surface area (Å²) in [5.41, 5.74) is 3.36. The van der Waals surface area contributed by atoms with E-state index < -0.39 is 0 Å². The van der Waals surface area contributed by atoms with Crippen LogP contribution in [0.25, 0.3) is 0 Å². The van der Waals surface area contributed by atoms with E-state index in [4.69, 9.17) is 0 Å². The van der Waals surface area contributed by atoms with Crippen LogP contribution >= 0.6 is 15.9 Å². The van der Waals surface area contributed by atoms with Crippen molar-refractivity contribution in [2.24, 2.45) is 4.99 Å². The molecule has 19 heavy (non-hydrogen) atoms. The predicted octanol–water partition coefficient (Wildman–Crippen LogP) is 4.94. The van der Waals surface area contributed by atoms with Crippen molar-refractivity contribution < 1.29 is 0 Å². The minimum atomic E-state index is 0.958. The van der Waals surface area contributed by atoms with E-state index in [2.05, 4.69) is 57.0 Å². The minimum absolute atomic E-state index is 0.958. The molecule has 3 heteroatoms. The molecule has 0 aliphatic heterocycles. The zero-order valence-corrected chi connectivity index (χ0v) is 13.0. The lowest BCUT2D eigenvalue weighted by molar-refractivity contribution is 1.23. The van der Waals surface area contributed by atoms with Gasteiger partial charge in [0.15, 0.2) is 0 Å². The molecule has 0 fully saturated rings. The van der Waals surface area contributed by atoms with Crippen LogP contribution in [0, 0.1) is 6.92 Å². The number of hydrogen-bond donors (Lipinski definition) is 0. The Bertz CT molecular complexity index is 571. The third-order valence-electron chi connectivity index (χ3n) is 3.02. The Morgan fingerprint density at radius 1 is 1.00 bits per heavy atom. The van der Waals surface area contributed by atoms with Gasteiger partial charge in [-0.3, -0.25) is 0 Å². The zero-order valence-electron chi connectivity index (χ0n) is 11.4. The van der Waals surface area contributed by atoms with Crippen LogP contribution in [-0.2, 0) is 0 Å². The van der Waals surface area contributed by atoms with Crippen molar-refractivity contribution in [1.29, 1.82) is 0 Å². The highest BCUT2D eigenvalue weighted by atomic mass is 79.9. The molecule has 2 nitrogen and oxygen atoms in total. The Morgan fingerprint density at radius 2 is 1.58 bits per heavy atom. The first-order valence-corrected chi connectivity index (χ1v) is 6.97. The highest BCUT2D eigenvalue weighted by Gasteiger charge is 2.03. The van der Waals surface area contributed by atoms with E-state index in [1.54, 1.807) is 0 Å². The molecule has 98 valence electrons. The molecule has 2 aromatic rings. The van der Waals surface area contributed by atoms with Gasteiger partial charge < -0.3 is 4.90 Å². The molecule has 0 atom stereocenters. The second-order valence-corrected chi connectivity index (χ2v) is 5.45. The lowest BCUT2D eigenvalue weighted by Crippen LogP contribution is -2.23. The number of amidine groups is 1. The molecule has 0 saturated carbocycles. The number of hydrogen-bond acceptors (Lipinski definition) is 1. The van der Waals surface area contributed by atoms with Crippen molar-refractivity contribution in [2.45, 2.75) is 13.8 Å². The lowest BCUT2D eigenvalue weighted by atomic mass is 10.2. The minimum Gasteiger partial charge on any atom is -0.333 e. The maximum absolute atomic E-state index is 4.62. The standard InChI is InChI=1S/C16H17BrN2/c1-12-4-10-16(11-5-12)19(3)13(2)18-15-8-6-14(17)7-9-15/h4-11H,1-3H3. The number of halogens is 1. The summed E-state index contributed by atoms with van der Waals surface area (Å²) in [4.78, 5) is 6.71. The monoisotopic (exact) mass is 316 g/mol. The average molecular weight is 317 g/mol. The van der Waals surface area contributed by atoms with Crippen LogP contribution in [0.1, 0.15) is 12.5 Å². The SMILES string of the molecule is CC(=Nc1ccc(Br)cc1)N(C)c1ccc(C)cc1. The van der Waals surface area contributed by atoms with E-state index in [1.807, 2.05) is 38.2 Å². The number of aryl methyl sites for hydroxylation is 1. The van der Waals surface area contributed by atoms with E-state index >= 15 is 0 Å². The molecule has 2 rings (SSSR count). The summed E-state index contributed by atoms with van der Waals surface area (Å²) in [6, 6.07) is 16.4. The Kier molecular flexibility index (Phi) is 4.38. The maximum atomic E-state index is 4.62. The van der Waals surface area contributed by atoms with Gasteiger partial charge in [-0.15, -0.1) is 0 Å². The molecule has 0 unspecified atom stereocenters. The van der Waals surface area contributed by atoms with Crippen LogP contribution in [0.2, 0.25) is 0 Å². The summed E-state index contributed by atoms with van der Waals surface area (Å²) in [6.45, 7) is 4.11. The number of benzene rings is 2. The molecule has 0 heterocycles. The van der Waals surface area contributed by atoms with Gasteiger partial charge in [0.05, 0.1) is 5.69 Å². The molecular formula is C16H17BrN2. The second kappa shape index (κ2) is 6.02. The molecule has 0 saturated heterocycles. The quantitative estimate of drug-likeness (QED) is 0.565. The van der Waals surface area contributed by atoms with Gasteiger partial charge in [0.25, 0.3) is 0 Å². The molecule has 0 N–H and O–H groups in total. The second-order valence-electron chi connectivity index (χ2n) is 4.53. The lowest BCUT2D eigenvalue weighted by Gasteiger charge is -2.19. The smallest absolute Gasteiger partial charge is 0.106 e. The van der Waals surface area contributed by atoms with Crippen molar-refractivity contribution in [3.8, 4) is 0 Å². The number of anilines is 1. The van der Waals surface area contributed by atoms with Crippen LogP contribution in [0.15, 0.2) is 58.0 Å². The molecule has 0 aromatic heterocycles.